The summed E-state index contributed by atoms with van der Waals surface area (Å²) in [6.07, 6.45) is 0. The summed E-state index contributed by atoms with van der Waals surface area (Å²) in [4.78, 5) is 12.6. The second-order valence-corrected chi connectivity index (χ2v) is 5.28. The molecule has 0 spiro atoms. The third kappa shape index (κ3) is 3.02. The number of Topliss-reactive ketones (excluding diaryl/α,β-unsaturated/α-hetero) is 1. The number of carbonyl (C=O) groups is 1. The van der Waals surface area contributed by atoms with Gasteiger partial charge >= 0.3 is 0 Å². The number of rotatable bonds is 4. The van der Waals surface area contributed by atoms with Crippen LogP contribution in [0.1, 0.15) is 28.4 Å². The Morgan fingerprint density at radius 2 is 1.72 bits per heavy atom. The maximum Gasteiger partial charge on any atom is 0.160 e. The van der Waals surface area contributed by atoms with Crippen LogP contribution < -0.4 is 0 Å². The zero-order valence-electron chi connectivity index (χ0n) is 10.6. The smallest absolute Gasteiger partial charge is 0.160 e. The van der Waals surface area contributed by atoms with Crippen molar-refractivity contribution in [2.75, 3.05) is 0 Å². The molecule has 0 amide bonds. The summed E-state index contributed by atoms with van der Waals surface area (Å²) in [5, 5.41) is 0. The van der Waals surface area contributed by atoms with Crippen molar-refractivity contribution >= 4 is 17.5 Å². The average Bonchev–Trinajstić information content (AvgIpc) is 2.38. The molecule has 0 heterocycles. The zero-order valence-corrected chi connectivity index (χ0v) is 11.5. The highest BCUT2D eigenvalue weighted by atomic mass is 32.2. The van der Waals surface area contributed by atoms with E-state index in [0.29, 0.717) is 0 Å². The monoisotopic (exact) mass is 256 g/mol. The molecule has 0 saturated heterocycles. The van der Waals surface area contributed by atoms with Crippen molar-refractivity contribution in [2.24, 2.45) is 0 Å². The van der Waals surface area contributed by atoms with Gasteiger partial charge in [-0.25, -0.2) is 0 Å². The SMILES string of the molecule is CC(=O)c1ccccc1SCc1ccccc1C. The first-order valence-corrected chi connectivity index (χ1v) is 6.94. The van der Waals surface area contributed by atoms with Crippen molar-refractivity contribution in [3.05, 3.63) is 65.2 Å². The minimum absolute atomic E-state index is 0.128. The molecule has 1 nitrogen and oxygen atoms in total. The Bertz CT molecular complexity index is 561. The minimum Gasteiger partial charge on any atom is -0.294 e. The number of carbonyl (C=O) groups excluding carboxylic acids is 1. The molecule has 0 bridgehead atoms. The zero-order chi connectivity index (χ0) is 13.0. The first-order chi connectivity index (χ1) is 8.68. The van der Waals surface area contributed by atoms with Gasteiger partial charge in [0.1, 0.15) is 0 Å². The van der Waals surface area contributed by atoms with Crippen molar-refractivity contribution < 1.29 is 4.79 Å². The fraction of sp³-hybridized carbons (Fsp3) is 0.188. The summed E-state index contributed by atoms with van der Waals surface area (Å²) in [6, 6.07) is 16.2. The van der Waals surface area contributed by atoms with E-state index in [1.807, 2.05) is 30.3 Å². The van der Waals surface area contributed by atoms with Crippen LogP contribution in [0.4, 0.5) is 0 Å². The Hall–Kier alpha value is -1.54. The Balaban J connectivity index is 2.16. The van der Waals surface area contributed by atoms with Crippen LogP contribution in [0.2, 0.25) is 0 Å². The highest BCUT2D eigenvalue weighted by molar-refractivity contribution is 7.98. The molecule has 0 unspecified atom stereocenters. The molecular weight excluding hydrogens is 240 g/mol. The lowest BCUT2D eigenvalue weighted by Gasteiger charge is -2.08. The van der Waals surface area contributed by atoms with Gasteiger partial charge in [-0.2, -0.15) is 0 Å². The van der Waals surface area contributed by atoms with Crippen LogP contribution in [0.15, 0.2) is 53.4 Å². The Morgan fingerprint density at radius 1 is 1.06 bits per heavy atom. The number of aryl methyl sites for hydroxylation is 1. The number of hydrogen-bond donors (Lipinski definition) is 0. The summed E-state index contributed by atoms with van der Waals surface area (Å²) in [5.74, 6) is 1.03. The van der Waals surface area contributed by atoms with Crippen LogP contribution in [-0.2, 0) is 5.75 Å². The van der Waals surface area contributed by atoms with Gasteiger partial charge in [0, 0.05) is 16.2 Å². The first kappa shape index (κ1) is 12.9. The molecule has 0 saturated carbocycles. The van der Waals surface area contributed by atoms with Crippen molar-refractivity contribution in [1.29, 1.82) is 0 Å². The number of ketones is 1. The fourth-order valence-electron chi connectivity index (χ4n) is 1.81. The predicted octanol–water partition coefficient (Wildman–Crippen LogP) is 4.49. The number of benzene rings is 2. The van der Waals surface area contributed by atoms with E-state index in [1.165, 1.54) is 11.1 Å². The van der Waals surface area contributed by atoms with Crippen molar-refractivity contribution in [3.63, 3.8) is 0 Å². The maximum absolute atomic E-state index is 11.5. The van der Waals surface area contributed by atoms with Gasteiger partial charge in [0.15, 0.2) is 5.78 Å². The van der Waals surface area contributed by atoms with Crippen LogP contribution in [0.3, 0.4) is 0 Å². The molecule has 2 aromatic rings. The van der Waals surface area contributed by atoms with Crippen molar-refractivity contribution in [1.82, 2.24) is 0 Å². The quantitative estimate of drug-likeness (QED) is 0.592. The molecule has 0 N–H and O–H groups in total. The molecule has 18 heavy (non-hydrogen) atoms. The molecule has 2 heteroatoms. The molecule has 0 atom stereocenters. The Morgan fingerprint density at radius 3 is 2.44 bits per heavy atom. The molecule has 0 aliphatic heterocycles. The molecule has 0 radical (unpaired) electrons. The molecule has 2 rings (SSSR count). The molecule has 0 aliphatic carbocycles. The van der Waals surface area contributed by atoms with Crippen LogP contribution in [0.25, 0.3) is 0 Å². The predicted molar refractivity (Wildman–Crippen MR) is 77.2 cm³/mol. The normalized spacial score (nSPS) is 10.3. The molecule has 0 aliphatic rings. The van der Waals surface area contributed by atoms with Crippen LogP contribution in [0.5, 0.6) is 0 Å². The molecule has 0 fully saturated rings. The van der Waals surface area contributed by atoms with Gasteiger partial charge in [0.25, 0.3) is 0 Å². The number of thioether (sulfide) groups is 1. The van der Waals surface area contributed by atoms with Gasteiger partial charge in [-0.15, -0.1) is 11.8 Å². The second-order valence-electron chi connectivity index (χ2n) is 4.27. The summed E-state index contributed by atoms with van der Waals surface area (Å²) in [7, 11) is 0. The van der Waals surface area contributed by atoms with E-state index in [9.17, 15) is 4.79 Å². The Kier molecular flexibility index (Phi) is 4.21. The van der Waals surface area contributed by atoms with Gasteiger partial charge < -0.3 is 0 Å². The first-order valence-electron chi connectivity index (χ1n) is 5.96. The molecule has 0 aromatic heterocycles. The van der Waals surface area contributed by atoms with Crippen LogP contribution in [0, 0.1) is 6.92 Å². The largest absolute Gasteiger partial charge is 0.294 e. The van der Waals surface area contributed by atoms with E-state index in [2.05, 4.69) is 25.1 Å². The lowest BCUT2D eigenvalue weighted by atomic mass is 10.1. The van der Waals surface area contributed by atoms with Crippen molar-refractivity contribution in [3.8, 4) is 0 Å². The van der Waals surface area contributed by atoms with Gasteiger partial charge in [-0.3, -0.25) is 4.79 Å². The highest BCUT2D eigenvalue weighted by Gasteiger charge is 2.07. The van der Waals surface area contributed by atoms with E-state index in [0.717, 1.165) is 16.2 Å². The average molecular weight is 256 g/mol. The minimum atomic E-state index is 0.128. The van der Waals surface area contributed by atoms with E-state index < -0.39 is 0 Å². The van der Waals surface area contributed by atoms with E-state index in [-0.39, 0.29) is 5.78 Å². The summed E-state index contributed by atoms with van der Waals surface area (Å²) >= 11 is 1.72. The van der Waals surface area contributed by atoms with Gasteiger partial charge in [0.05, 0.1) is 0 Å². The van der Waals surface area contributed by atoms with E-state index >= 15 is 0 Å². The third-order valence-electron chi connectivity index (χ3n) is 2.91. The van der Waals surface area contributed by atoms with Crippen LogP contribution >= 0.6 is 11.8 Å². The second kappa shape index (κ2) is 5.87. The summed E-state index contributed by atoms with van der Waals surface area (Å²) in [5.41, 5.74) is 3.43. The lowest BCUT2D eigenvalue weighted by Crippen LogP contribution is -1.95. The summed E-state index contributed by atoms with van der Waals surface area (Å²) in [6.45, 7) is 3.74. The van der Waals surface area contributed by atoms with E-state index in [4.69, 9.17) is 0 Å². The molecular formula is C16H16OS. The van der Waals surface area contributed by atoms with Gasteiger partial charge in [0.2, 0.25) is 0 Å². The van der Waals surface area contributed by atoms with Gasteiger partial charge in [-0.05, 0) is 31.0 Å². The highest BCUT2D eigenvalue weighted by Crippen LogP contribution is 2.27. The van der Waals surface area contributed by atoms with Crippen LogP contribution in [-0.4, -0.2) is 5.78 Å². The summed E-state index contributed by atoms with van der Waals surface area (Å²) < 4.78 is 0. The van der Waals surface area contributed by atoms with Crippen molar-refractivity contribution in [2.45, 2.75) is 24.5 Å². The topological polar surface area (TPSA) is 17.1 Å². The Labute approximate surface area is 112 Å². The van der Waals surface area contributed by atoms with E-state index in [1.54, 1.807) is 18.7 Å². The standard InChI is InChI=1S/C16H16OS/c1-12-7-3-4-8-14(12)11-18-16-10-6-5-9-15(16)13(2)17/h3-10H,11H2,1-2H3. The fourth-order valence-corrected chi connectivity index (χ4v) is 2.99. The molecule has 2 aromatic carbocycles. The van der Waals surface area contributed by atoms with Gasteiger partial charge in [-0.1, -0.05) is 42.5 Å². The maximum atomic E-state index is 11.5. The lowest BCUT2D eigenvalue weighted by molar-refractivity contribution is 0.101. The third-order valence-corrected chi connectivity index (χ3v) is 4.03. The number of hydrogen-bond acceptors (Lipinski definition) is 2. The molecule has 92 valence electrons.